The Hall–Kier alpha value is -2.28. The summed E-state index contributed by atoms with van der Waals surface area (Å²) in [6, 6.07) is 7.77. The highest BCUT2D eigenvalue weighted by Gasteiger charge is 2.51. The van der Waals surface area contributed by atoms with Gasteiger partial charge in [0, 0.05) is 12.1 Å². The van der Waals surface area contributed by atoms with Crippen molar-refractivity contribution in [1.82, 2.24) is 20.1 Å². The molecule has 0 spiro atoms. The van der Waals surface area contributed by atoms with Crippen LogP contribution in [0.15, 0.2) is 42.1 Å². The lowest BCUT2D eigenvalue weighted by Gasteiger charge is -2.56. The maximum atomic E-state index is 12.9. The second-order valence-electron chi connectivity index (χ2n) is 9.44. The van der Waals surface area contributed by atoms with Crippen LogP contribution in [0.5, 0.6) is 5.75 Å². The number of para-hydroxylation sites is 1. The van der Waals surface area contributed by atoms with Crippen LogP contribution in [0, 0.1) is 17.8 Å². The van der Waals surface area contributed by atoms with Crippen LogP contribution in [-0.4, -0.2) is 39.1 Å². The van der Waals surface area contributed by atoms with Crippen LogP contribution in [0.25, 0.3) is 11.4 Å². The zero-order valence-corrected chi connectivity index (χ0v) is 18.9. The number of allylic oxidation sites excluding steroid dienone is 1. The number of hydrogen-bond donors (Lipinski definition) is 1. The standard InChI is InChI=1S/C24H30N4O2S/c1-3-8-28-22(19-6-4-5-7-20(19)30-2)26-27-23(28)31-15-21(29)25-24-12-16-9-17(13-24)11-18(10-16)14-24/h3-7,16-18H,1,8-15H2,2H3,(H,25,29). The third kappa shape index (κ3) is 4.00. The van der Waals surface area contributed by atoms with Gasteiger partial charge < -0.3 is 10.1 Å². The lowest BCUT2D eigenvalue weighted by atomic mass is 9.53. The van der Waals surface area contributed by atoms with Gasteiger partial charge in [0.1, 0.15) is 5.75 Å². The Labute approximate surface area is 187 Å². The second kappa shape index (κ2) is 8.34. The fraction of sp³-hybridized carbons (Fsp3) is 0.542. The van der Waals surface area contributed by atoms with Gasteiger partial charge in [-0.15, -0.1) is 16.8 Å². The quantitative estimate of drug-likeness (QED) is 0.491. The number of methoxy groups -OCH3 is 1. The summed E-state index contributed by atoms with van der Waals surface area (Å²) in [7, 11) is 1.65. The summed E-state index contributed by atoms with van der Waals surface area (Å²) in [5.41, 5.74) is 0.924. The van der Waals surface area contributed by atoms with Crippen LogP contribution in [0.2, 0.25) is 0 Å². The number of nitrogens with zero attached hydrogens (tertiary/aromatic N) is 3. The Morgan fingerprint density at radius 1 is 1.23 bits per heavy atom. The van der Waals surface area contributed by atoms with E-state index in [9.17, 15) is 4.79 Å². The van der Waals surface area contributed by atoms with Crippen LogP contribution < -0.4 is 10.1 Å². The van der Waals surface area contributed by atoms with Gasteiger partial charge in [-0.1, -0.05) is 30.0 Å². The minimum absolute atomic E-state index is 0.0454. The molecule has 0 radical (unpaired) electrons. The minimum atomic E-state index is 0.0454. The molecule has 0 saturated heterocycles. The fourth-order valence-electron chi connectivity index (χ4n) is 6.44. The topological polar surface area (TPSA) is 69.0 Å². The van der Waals surface area contributed by atoms with Crippen LogP contribution in [-0.2, 0) is 11.3 Å². The van der Waals surface area contributed by atoms with Gasteiger partial charge >= 0.3 is 0 Å². The number of carbonyl (C=O) groups is 1. The highest BCUT2D eigenvalue weighted by molar-refractivity contribution is 7.99. The second-order valence-corrected chi connectivity index (χ2v) is 10.4. The maximum absolute atomic E-state index is 12.9. The van der Waals surface area contributed by atoms with Crippen LogP contribution in [0.4, 0.5) is 0 Å². The Kier molecular flexibility index (Phi) is 5.54. The summed E-state index contributed by atoms with van der Waals surface area (Å²) < 4.78 is 7.49. The van der Waals surface area contributed by atoms with Gasteiger partial charge in [0.05, 0.1) is 18.4 Å². The number of ether oxygens (including phenoxy) is 1. The van der Waals surface area contributed by atoms with Crippen molar-refractivity contribution >= 4 is 17.7 Å². The minimum Gasteiger partial charge on any atom is -0.496 e. The first-order valence-corrected chi connectivity index (χ1v) is 12.2. The van der Waals surface area contributed by atoms with Gasteiger partial charge in [-0.2, -0.15) is 0 Å². The third-order valence-corrected chi connectivity index (χ3v) is 8.12. The summed E-state index contributed by atoms with van der Waals surface area (Å²) in [5.74, 6) is 4.38. The molecule has 0 unspecified atom stereocenters. The van der Waals surface area contributed by atoms with Crippen LogP contribution >= 0.6 is 11.8 Å². The molecular formula is C24H30N4O2S. The normalized spacial score (nSPS) is 28.5. The Bertz CT molecular complexity index is 950. The first-order valence-electron chi connectivity index (χ1n) is 11.2. The van der Waals surface area contributed by atoms with Gasteiger partial charge in [0.25, 0.3) is 0 Å². The van der Waals surface area contributed by atoms with Crippen molar-refractivity contribution < 1.29 is 9.53 Å². The van der Waals surface area contributed by atoms with Gasteiger partial charge in [-0.3, -0.25) is 9.36 Å². The predicted octanol–water partition coefficient (Wildman–Crippen LogP) is 4.32. The molecule has 1 heterocycles. The molecule has 0 aliphatic heterocycles. The summed E-state index contributed by atoms with van der Waals surface area (Å²) in [4.78, 5) is 12.9. The van der Waals surface area contributed by atoms with E-state index in [1.54, 1.807) is 7.11 Å². The Morgan fingerprint density at radius 2 is 1.90 bits per heavy atom. The molecule has 1 aromatic carbocycles. The van der Waals surface area contributed by atoms with Crippen LogP contribution in [0.1, 0.15) is 38.5 Å². The summed E-state index contributed by atoms with van der Waals surface area (Å²) in [6.45, 7) is 4.44. The highest BCUT2D eigenvalue weighted by Crippen LogP contribution is 2.55. The van der Waals surface area contributed by atoms with E-state index in [1.165, 1.54) is 50.3 Å². The molecule has 4 bridgehead atoms. The average molecular weight is 439 g/mol. The van der Waals surface area contributed by atoms with Crippen molar-refractivity contribution in [2.75, 3.05) is 12.9 Å². The first-order chi connectivity index (χ1) is 15.1. The van der Waals surface area contributed by atoms with Crippen molar-refractivity contribution in [3.8, 4) is 17.1 Å². The van der Waals surface area contributed by atoms with Gasteiger partial charge in [-0.05, 0) is 68.4 Å². The number of rotatable bonds is 8. The molecule has 164 valence electrons. The number of hydrogen-bond acceptors (Lipinski definition) is 5. The largest absolute Gasteiger partial charge is 0.496 e. The smallest absolute Gasteiger partial charge is 0.230 e. The number of aromatic nitrogens is 3. The maximum Gasteiger partial charge on any atom is 0.230 e. The number of carbonyl (C=O) groups excluding carboxylic acids is 1. The summed E-state index contributed by atoms with van der Waals surface area (Å²) in [5, 5.41) is 13.0. The van der Waals surface area contributed by atoms with E-state index in [-0.39, 0.29) is 11.4 Å². The molecule has 4 aliphatic rings. The molecular weight excluding hydrogens is 408 g/mol. The SMILES string of the molecule is C=CCn1c(SCC(=O)NC23CC4CC(CC(C4)C2)C3)nnc1-c1ccccc1OC. The molecule has 1 aromatic heterocycles. The number of thioether (sulfide) groups is 1. The summed E-state index contributed by atoms with van der Waals surface area (Å²) in [6.07, 6.45) is 9.45. The molecule has 1 amide bonds. The molecule has 4 fully saturated rings. The van der Waals surface area contributed by atoms with E-state index >= 15 is 0 Å². The molecule has 7 heteroatoms. The Morgan fingerprint density at radius 3 is 2.55 bits per heavy atom. The van der Waals surface area contributed by atoms with E-state index in [0.717, 1.165) is 40.0 Å². The molecule has 2 aromatic rings. The van der Waals surface area contributed by atoms with Crippen molar-refractivity contribution in [2.24, 2.45) is 17.8 Å². The van der Waals surface area contributed by atoms with Gasteiger partial charge in [0.2, 0.25) is 5.91 Å². The number of amides is 1. The average Bonchev–Trinajstić information content (AvgIpc) is 3.13. The van der Waals surface area contributed by atoms with Gasteiger partial charge in [-0.25, -0.2) is 0 Å². The molecule has 4 aliphatic carbocycles. The number of nitrogens with one attached hydrogen (secondary N) is 1. The molecule has 0 atom stereocenters. The molecule has 1 N–H and O–H groups in total. The highest BCUT2D eigenvalue weighted by atomic mass is 32.2. The predicted molar refractivity (Wildman–Crippen MR) is 122 cm³/mol. The van der Waals surface area contributed by atoms with E-state index < -0.39 is 0 Å². The van der Waals surface area contributed by atoms with Crippen molar-refractivity contribution in [3.05, 3.63) is 36.9 Å². The number of benzene rings is 1. The lowest BCUT2D eigenvalue weighted by Crippen LogP contribution is -2.60. The van der Waals surface area contributed by atoms with E-state index in [4.69, 9.17) is 4.74 Å². The first kappa shape index (κ1) is 20.6. The monoisotopic (exact) mass is 438 g/mol. The van der Waals surface area contributed by atoms with E-state index in [1.807, 2.05) is 34.9 Å². The van der Waals surface area contributed by atoms with Crippen molar-refractivity contribution in [3.63, 3.8) is 0 Å². The molecule has 6 rings (SSSR count). The zero-order valence-electron chi connectivity index (χ0n) is 18.0. The van der Waals surface area contributed by atoms with E-state index in [2.05, 4.69) is 22.1 Å². The summed E-state index contributed by atoms with van der Waals surface area (Å²) >= 11 is 1.44. The zero-order chi connectivity index (χ0) is 21.4. The van der Waals surface area contributed by atoms with Gasteiger partial charge in [0.15, 0.2) is 11.0 Å². The third-order valence-electron chi connectivity index (χ3n) is 7.15. The molecule has 6 nitrogen and oxygen atoms in total. The van der Waals surface area contributed by atoms with E-state index in [0.29, 0.717) is 12.3 Å². The van der Waals surface area contributed by atoms with Crippen LogP contribution in [0.3, 0.4) is 0 Å². The van der Waals surface area contributed by atoms with Crippen molar-refractivity contribution in [1.29, 1.82) is 0 Å². The Balaban J connectivity index is 1.29. The fourth-order valence-corrected chi connectivity index (χ4v) is 7.19. The molecule has 4 saturated carbocycles. The molecule has 31 heavy (non-hydrogen) atoms. The van der Waals surface area contributed by atoms with Crippen molar-refractivity contribution in [2.45, 2.75) is 55.8 Å². The lowest BCUT2D eigenvalue weighted by molar-refractivity contribution is -0.124.